The lowest BCUT2D eigenvalue weighted by Gasteiger charge is -2.26. The summed E-state index contributed by atoms with van der Waals surface area (Å²) in [4.78, 5) is 0. The molecule has 0 fully saturated rings. The van der Waals surface area contributed by atoms with Crippen molar-refractivity contribution in [3.63, 3.8) is 0 Å². The predicted molar refractivity (Wildman–Crippen MR) is 63.6 cm³/mol. The zero-order valence-electron chi connectivity index (χ0n) is 9.70. The van der Waals surface area contributed by atoms with Crippen molar-refractivity contribution in [2.75, 3.05) is 6.61 Å². The Morgan fingerprint density at radius 3 is 2.27 bits per heavy atom. The maximum absolute atomic E-state index is 6.14. The van der Waals surface area contributed by atoms with Crippen LogP contribution in [-0.4, -0.2) is 12.1 Å². The third-order valence-electron chi connectivity index (χ3n) is 2.91. The summed E-state index contributed by atoms with van der Waals surface area (Å²) in [5.74, 6) is 0. The van der Waals surface area contributed by atoms with Gasteiger partial charge in [-0.3, -0.25) is 0 Å². The van der Waals surface area contributed by atoms with Gasteiger partial charge in [-0.15, -0.1) is 0 Å². The van der Waals surface area contributed by atoms with Crippen molar-refractivity contribution in [1.29, 1.82) is 0 Å². The minimum absolute atomic E-state index is 0.158. The Balaban J connectivity index is 2.33. The fraction of sp³-hybridized carbons (Fsp3) is 0.538. The van der Waals surface area contributed by atoms with E-state index >= 15 is 0 Å². The van der Waals surface area contributed by atoms with Crippen LogP contribution in [0.5, 0.6) is 0 Å². The van der Waals surface area contributed by atoms with Gasteiger partial charge in [0.2, 0.25) is 0 Å². The molecule has 0 aromatic heterocycles. The van der Waals surface area contributed by atoms with Gasteiger partial charge < -0.3 is 10.5 Å². The van der Waals surface area contributed by atoms with E-state index in [0.29, 0.717) is 13.2 Å². The van der Waals surface area contributed by atoms with Crippen LogP contribution in [0.2, 0.25) is 0 Å². The predicted octanol–water partition coefficient (Wildman–Crippen LogP) is 2.72. The Morgan fingerprint density at radius 2 is 1.73 bits per heavy atom. The van der Waals surface area contributed by atoms with Crippen LogP contribution in [-0.2, 0) is 11.3 Å². The van der Waals surface area contributed by atoms with Crippen LogP contribution in [0.1, 0.15) is 32.3 Å². The first-order chi connectivity index (χ1) is 7.20. The number of hydrogen-bond acceptors (Lipinski definition) is 2. The van der Waals surface area contributed by atoms with E-state index in [1.54, 1.807) is 0 Å². The Bertz CT molecular complexity index is 267. The number of ether oxygens (including phenoxy) is 1. The van der Waals surface area contributed by atoms with Crippen molar-refractivity contribution in [1.82, 2.24) is 0 Å². The smallest absolute Gasteiger partial charge is 0.0717 e. The molecule has 0 heterocycles. The third kappa shape index (κ3) is 4.02. The molecule has 15 heavy (non-hydrogen) atoms. The summed E-state index contributed by atoms with van der Waals surface area (Å²) in [6.07, 6.45) is 1.91. The van der Waals surface area contributed by atoms with Gasteiger partial charge in [-0.05, 0) is 18.4 Å². The molecular weight excluding hydrogens is 186 g/mol. The first-order valence-electron chi connectivity index (χ1n) is 5.61. The molecule has 2 nitrogen and oxygen atoms in total. The molecular formula is C13H21NO. The van der Waals surface area contributed by atoms with Crippen LogP contribution in [0.25, 0.3) is 0 Å². The number of benzene rings is 1. The van der Waals surface area contributed by atoms with Crippen LogP contribution < -0.4 is 5.73 Å². The van der Waals surface area contributed by atoms with Gasteiger partial charge in [-0.1, -0.05) is 44.2 Å². The Kier molecular flexibility index (Phi) is 4.79. The molecule has 2 N–H and O–H groups in total. The van der Waals surface area contributed by atoms with E-state index in [9.17, 15) is 0 Å². The molecule has 1 aromatic rings. The SMILES string of the molecule is CCC(N)(CC)COCc1ccccc1. The summed E-state index contributed by atoms with van der Waals surface area (Å²) in [7, 11) is 0. The number of rotatable bonds is 6. The topological polar surface area (TPSA) is 35.2 Å². The average Bonchev–Trinajstić information content (AvgIpc) is 2.30. The average molecular weight is 207 g/mol. The van der Waals surface area contributed by atoms with Gasteiger partial charge in [0.25, 0.3) is 0 Å². The first-order valence-corrected chi connectivity index (χ1v) is 5.61. The van der Waals surface area contributed by atoms with E-state index < -0.39 is 0 Å². The van der Waals surface area contributed by atoms with E-state index in [1.807, 2.05) is 18.2 Å². The second-order valence-electron chi connectivity index (χ2n) is 4.05. The molecule has 84 valence electrons. The minimum atomic E-state index is -0.158. The van der Waals surface area contributed by atoms with Crippen molar-refractivity contribution in [2.45, 2.75) is 38.8 Å². The normalized spacial score (nSPS) is 11.7. The van der Waals surface area contributed by atoms with Gasteiger partial charge in [-0.25, -0.2) is 0 Å². The van der Waals surface area contributed by atoms with Crippen LogP contribution >= 0.6 is 0 Å². The molecule has 0 aliphatic heterocycles. The lowest BCUT2D eigenvalue weighted by molar-refractivity contribution is 0.0696. The molecule has 0 saturated heterocycles. The monoisotopic (exact) mass is 207 g/mol. The summed E-state index contributed by atoms with van der Waals surface area (Å²) in [6.45, 7) is 5.50. The molecule has 1 aromatic carbocycles. The van der Waals surface area contributed by atoms with Crippen LogP contribution in [0.3, 0.4) is 0 Å². The zero-order chi connectivity index (χ0) is 11.1. The highest BCUT2D eigenvalue weighted by Gasteiger charge is 2.19. The van der Waals surface area contributed by atoms with Gasteiger partial charge in [0.1, 0.15) is 0 Å². The van der Waals surface area contributed by atoms with E-state index in [-0.39, 0.29) is 5.54 Å². The van der Waals surface area contributed by atoms with Crippen molar-refractivity contribution >= 4 is 0 Å². The summed E-state index contributed by atoms with van der Waals surface area (Å²) >= 11 is 0. The largest absolute Gasteiger partial charge is 0.375 e. The quantitative estimate of drug-likeness (QED) is 0.778. The molecule has 0 atom stereocenters. The molecule has 0 aliphatic carbocycles. The first kappa shape index (κ1) is 12.2. The second-order valence-corrected chi connectivity index (χ2v) is 4.05. The molecule has 0 unspecified atom stereocenters. The summed E-state index contributed by atoms with van der Waals surface area (Å²) < 4.78 is 5.64. The van der Waals surface area contributed by atoms with E-state index in [4.69, 9.17) is 10.5 Å². The lowest BCUT2D eigenvalue weighted by atomic mass is 9.96. The molecule has 0 radical (unpaired) electrons. The molecule has 0 bridgehead atoms. The van der Waals surface area contributed by atoms with Gasteiger partial charge >= 0.3 is 0 Å². The Morgan fingerprint density at radius 1 is 1.13 bits per heavy atom. The van der Waals surface area contributed by atoms with Crippen LogP contribution in [0.15, 0.2) is 30.3 Å². The Hall–Kier alpha value is -0.860. The molecule has 1 rings (SSSR count). The van der Waals surface area contributed by atoms with Crippen molar-refractivity contribution in [2.24, 2.45) is 5.73 Å². The van der Waals surface area contributed by atoms with Crippen molar-refractivity contribution < 1.29 is 4.74 Å². The maximum atomic E-state index is 6.14. The summed E-state index contributed by atoms with van der Waals surface area (Å²) in [5.41, 5.74) is 7.18. The van der Waals surface area contributed by atoms with E-state index in [1.165, 1.54) is 5.56 Å². The van der Waals surface area contributed by atoms with E-state index in [0.717, 1.165) is 12.8 Å². The zero-order valence-corrected chi connectivity index (χ0v) is 9.70. The van der Waals surface area contributed by atoms with Crippen LogP contribution in [0.4, 0.5) is 0 Å². The molecule has 0 spiro atoms. The summed E-state index contributed by atoms with van der Waals surface area (Å²) in [5, 5.41) is 0. The van der Waals surface area contributed by atoms with Crippen molar-refractivity contribution in [3.8, 4) is 0 Å². The highest BCUT2D eigenvalue weighted by molar-refractivity contribution is 5.13. The standard InChI is InChI=1S/C13H21NO/c1-3-13(14,4-2)11-15-10-12-8-6-5-7-9-12/h5-9H,3-4,10-11,14H2,1-2H3. The van der Waals surface area contributed by atoms with Crippen molar-refractivity contribution in [3.05, 3.63) is 35.9 Å². The fourth-order valence-corrected chi connectivity index (χ4v) is 1.40. The third-order valence-corrected chi connectivity index (χ3v) is 2.91. The summed E-state index contributed by atoms with van der Waals surface area (Å²) in [6, 6.07) is 10.2. The second kappa shape index (κ2) is 5.89. The fourth-order valence-electron chi connectivity index (χ4n) is 1.40. The van der Waals surface area contributed by atoms with Crippen LogP contribution in [0, 0.1) is 0 Å². The number of nitrogens with two attached hydrogens (primary N) is 1. The molecule has 0 amide bonds. The molecule has 2 heteroatoms. The van der Waals surface area contributed by atoms with Gasteiger partial charge in [0.05, 0.1) is 13.2 Å². The highest BCUT2D eigenvalue weighted by atomic mass is 16.5. The highest BCUT2D eigenvalue weighted by Crippen LogP contribution is 2.12. The maximum Gasteiger partial charge on any atom is 0.0717 e. The molecule has 0 aliphatic rings. The van der Waals surface area contributed by atoms with E-state index in [2.05, 4.69) is 26.0 Å². The Labute approximate surface area is 92.4 Å². The van der Waals surface area contributed by atoms with Gasteiger partial charge in [0.15, 0.2) is 0 Å². The van der Waals surface area contributed by atoms with Gasteiger partial charge in [0, 0.05) is 5.54 Å². The number of hydrogen-bond donors (Lipinski definition) is 1. The molecule has 0 saturated carbocycles. The minimum Gasteiger partial charge on any atom is -0.375 e. The van der Waals surface area contributed by atoms with Gasteiger partial charge in [-0.2, -0.15) is 0 Å². The lowest BCUT2D eigenvalue weighted by Crippen LogP contribution is -2.43.